The Balaban J connectivity index is 0.00000137. The average Bonchev–Trinajstić information content (AvgIpc) is 2.27. The fourth-order valence-corrected chi connectivity index (χ4v) is 1.58. The first-order valence-electron chi connectivity index (χ1n) is 6.08. The molecule has 0 radical (unpaired) electrons. The van der Waals surface area contributed by atoms with Crippen molar-refractivity contribution in [2.45, 2.75) is 46.8 Å². The lowest BCUT2D eigenvalue weighted by Crippen LogP contribution is -2.32. The van der Waals surface area contributed by atoms with Crippen LogP contribution >= 0.6 is 15.9 Å². The molecule has 1 amide bonds. The largest absolute Gasteiger partial charge is 0.444 e. The van der Waals surface area contributed by atoms with Gasteiger partial charge in [0.05, 0.1) is 0 Å². The Morgan fingerprint density at radius 2 is 1.94 bits per heavy atom. The summed E-state index contributed by atoms with van der Waals surface area (Å²) in [7, 11) is 0. The molecule has 1 rings (SSSR count). The van der Waals surface area contributed by atoms with Gasteiger partial charge in [-0.05, 0) is 38.5 Å². The zero-order valence-electron chi connectivity index (χ0n) is 11.7. The van der Waals surface area contributed by atoms with Gasteiger partial charge < -0.3 is 10.1 Å². The maximum atomic E-state index is 11.4. The van der Waals surface area contributed by atoms with Crippen LogP contribution < -0.4 is 5.32 Å². The summed E-state index contributed by atoms with van der Waals surface area (Å²) in [5.41, 5.74) is 0.571. The summed E-state index contributed by atoms with van der Waals surface area (Å²) >= 11 is 3.37. The molecule has 0 spiro atoms. The maximum absolute atomic E-state index is 11.4. The van der Waals surface area contributed by atoms with Gasteiger partial charge in [0.2, 0.25) is 0 Å². The summed E-state index contributed by atoms with van der Waals surface area (Å²) in [6, 6.07) is 7.77. The van der Waals surface area contributed by atoms with Gasteiger partial charge in [0.25, 0.3) is 0 Å². The standard InChI is InChI=1S/C12H16BrNO2.C2H6/c1-12(2,3)16-11(15)14-8-9-5-4-6-10(13)7-9;1-2/h4-7H,8H2,1-3H3,(H,14,15);1-2H3. The van der Waals surface area contributed by atoms with Crippen molar-refractivity contribution in [2.75, 3.05) is 0 Å². The van der Waals surface area contributed by atoms with E-state index in [2.05, 4.69) is 21.2 Å². The van der Waals surface area contributed by atoms with Crippen molar-refractivity contribution >= 4 is 22.0 Å². The topological polar surface area (TPSA) is 38.3 Å². The van der Waals surface area contributed by atoms with Gasteiger partial charge in [-0.3, -0.25) is 0 Å². The summed E-state index contributed by atoms with van der Waals surface area (Å²) in [6.45, 7) is 9.98. The first-order chi connectivity index (χ1) is 8.37. The van der Waals surface area contributed by atoms with Crippen molar-refractivity contribution in [1.29, 1.82) is 0 Å². The highest BCUT2D eigenvalue weighted by Gasteiger charge is 2.15. The third-order valence-corrected chi connectivity index (χ3v) is 2.22. The molecule has 0 fully saturated rings. The quantitative estimate of drug-likeness (QED) is 0.872. The minimum atomic E-state index is -0.457. The van der Waals surface area contributed by atoms with E-state index in [1.165, 1.54) is 0 Å². The molecule has 0 saturated heterocycles. The van der Waals surface area contributed by atoms with E-state index < -0.39 is 11.7 Å². The summed E-state index contributed by atoms with van der Waals surface area (Å²) in [4.78, 5) is 11.4. The van der Waals surface area contributed by atoms with Crippen molar-refractivity contribution in [3.63, 3.8) is 0 Å². The summed E-state index contributed by atoms with van der Waals surface area (Å²) in [5.74, 6) is 0. The molecule has 0 aliphatic heterocycles. The number of alkyl carbamates (subject to hydrolysis) is 1. The number of carbonyl (C=O) groups excluding carboxylic acids is 1. The number of nitrogens with one attached hydrogen (secondary N) is 1. The van der Waals surface area contributed by atoms with Gasteiger partial charge >= 0.3 is 6.09 Å². The van der Waals surface area contributed by atoms with Gasteiger partial charge in [0.1, 0.15) is 5.60 Å². The molecule has 0 aliphatic rings. The smallest absolute Gasteiger partial charge is 0.407 e. The van der Waals surface area contributed by atoms with Gasteiger partial charge in [0.15, 0.2) is 0 Å². The first-order valence-corrected chi connectivity index (χ1v) is 6.87. The number of ether oxygens (including phenoxy) is 1. The first kappa shape index (κ1) is 17.0. The monoisotopic (exact) mass is 315 g/mol. The predicted octanol–water partition coefficient (Wildman–Crippen LogP) is 4.50. The number of hydrogen-bond donors (Lipinski definition) is 1. The zero-order chi connectivity index (χ0) is 14.2. The number of rotatable bonds is 2. The van der Waals surface area contributed by atoms with Crippen molar-refractivity contribution in [1.82, 2.24) is 5.32 Å². The molecule has 3 nitrogen and oxygen atoms in total. The molecule has 0 heterocycles. The van der Waals surface area contributed by atoms with Gasteiger partial charge in [-0.15, -0.1) is 0 Å². The van der Waals surface area contributed by atoms with E-state index >= 15 is 0 Å². The number of benzene rings is 1. The molecule has 0 saturated carbocycles. The van der Waals surface area contributed by atoms with E-state index in [1.807, 2.05) is 58.9 Å². The molecular weight excluding hydrogens is 294 g/mol. The normalized spacial score (nSPS) is 10.1. The summed E-state index contributed by atoms with van der Waals surface area (Å²) in [5, 5.41) is 2.70. The van der Waals surface area contributed by atoms with Crippen LogP contribution in [0.3, 0.4) is 0 Å². The van der Waals surface area contributed by atoms with Crippen molar-refractivity contribution in [3.8, 4) is 0 Å². The molecule has 4 heteroatoms. The van der Waals surface area contributed by atoms with Crippen LogP contribution in [-0.2, 0) is 11.3 Å². The molecular formula is C14H22BrNO2. The fourth-order valence-electron chi connectivity index (χ4n) is 1.14. The molecule has 0 aliphatic carbocycles. The number of amides is 1. The summed E-state index contributed by atoms with van der Waals surface area (Å²) < 4.78 is 6.12. The SMILES string of the molecule is CC.CC(C)(C)OC(=O)NCc1cccc(Br)c1. The van der Waals surface area contributed by atoms with E-state index in [4.69, 9.17) is 4.74 Å². The lowest BCUT2D eigenvalue weighted by molar-refractivity contribution is 0.0523. The van der Waals surface area contributed by atoms with E-state index in [-0.39, 0.29) is 0 Å². The highest BCUT2D eigenvalue weighted by Crippen LogP contribution is 2.12. The number of hydrogen-bond acceptors (Lipinski definition) is 2. The highest BCUT2D eigenvalue weighted by atomic mass is 79.9. The Morgan fingerprint density at radius 1 is 1.33 bits per heavy atom. The van der Waals surface area contributed by atoms with Crippen LogP contribution in [0, 0.1) is 0 Å². The molecule has 18 heavy (non-hydrogen) atoms. The van der Waals surface area contributed by atoms with Crippen molar-refractivity contribution in [2.24, 2.45) is 0 Å². The van der Waals surface area contributed by atoms with Crippen molar-refractivity contribution in [3.05, 3.63) is 34.3 Å². The van der Waals surface area contributed by atoms with Crippen LogP contribution in [0.25, 0.3) is 0 Å². The second kappa shape index (κ2) is 8.14. The Bertz CT molecular complexity index is 372. The molecule has 0 atom stereocenters. The molecule has 102 valence electrons. The lowest BCUT2D eigenvalue weighted by atomic mass is 10.2. The number of halogens is 1. The highest BCUT2D eigenvalue weighted by molar-refractivity contribution is 9.10. The van der Waals surface area contributed by atoms with Gasteiger partial charge in [-0.2, -0.15) is 0 Å². The third-order valence-electron chi connectivity index (χ3n) is 1.72. The fraction of sp³-hybridized carbons (Fsp3) is 0.500. The Morgan fingerprint density at radius 3 is 2.44 bits per heavy atom. The van der Waals surface area contributed by atoms with Gasteiger partial charge in [-0.1, -0.05) is 41.9 Å². The Labute approximate surface area is 118 Å². The van der Waals surface area contributed by atoms with Crippen LogP contribution in [0.1, 0.15) is 40.2 Å². The maximum Gasteiger partial charge on any atom is 0.407 e. The van der Waals surface area contributed by atoms with Gasteiger partial charge in [0, 0.05) is 11.0 Å². The average molecular weight is 316 g/mol. The molecule has 1 N–H and O–H groups in total. The minimum absolute atomic E-state index is 0.396. The molecule has 0 unspecified atom stereocenters. The van der Waals surface area contributed by atoms with Crippen LogP contribution in [0.4, 0.5) is 4.79 Å². The van der Waals surface area contributed by atoms with E-state index in [1.54, 1.807) is 0 Å². The zero-order valence-corrected chi connectivity index (χ0v) is 13.3. The summed E-state index contributed by atoms with van der Waals surface area (Å²) in [6.07, 6.45) is -0.396. The van der Waals surface area contributed by atoms with Crippen LogP contribution in [-0.4, -0.2) is 11.7 Å². The van der Waals surface area contributed by atoms with Crippen LogP contribution in [0.2, 0.25) is 0 Å². The van der Waals surface area contributed by atoms with E-state index in [0.717, 1.165) is 10.0 Å². The predicted molar refractivity (Wildman–Crippen MR) is 78.6 cm³/mol. The van der Waals surface area contributed by atoms with Crippen LogP contribution in [0.15, 0.2) is 28.7 Å². The van der Waals surface area contributed by atoms with Crippen molar-refractivity contribution < 1.29 is 9.53 Å². The van der Waals surface area contributed by atoms with E-state index in [0.29, 0.717) is 6.54 Å². The molecule has 0 aromatic heterocycles. The molecule has 1 aromatic carbocycles. The number of carbonyl (C=O) groups is 1. The Hall–Kier alpha value is -1.03. The molecule has 0 bridgehead atoms. The van der Waals surface area contributed by atoms with Gasteiger partial charge in [-0.25, -0.2) is 4.79 Å². The van der Waals surface area contributed by atoms with E-state index in [9.17, 15) is 4.79 Å². The Kier molecular flexibility index (Phi) is 7.67. The second-order valence-electron chi connectivity index (χ2n) is 4.49. The van der Waals surface area contributed by atoms with Crippen LogP contribution in [0.5, 0.6) is 0 Å². The lowest BCUT2D eigenvalue weighted by Gasteiger charge is -2.19. The molecule has 1 aromatic rings. The second-order valence-corrected chi connectivity index (χ2v) is 5.40. The third kappa shape index (κ3) is 8.12. The minimum Gasteiger partial charge on any atom is -0.444 e.